The van der Waals surface area contributed by atoms with E-state index in [1.54, 1.807) is 12.4 Å². The summed E-state index contributed by atoms with van der Waals surface area (Å²) in [4.78, 5) is 18.5. The van der Waals surface area contributed by atoms with Crippen molar-refractivity contribution in [2.75, 3.05) is 0 Å². The minimum atomic E-state index is 0.474. The van der Waals surface area contributed by atoms with Crippen LogP contribution in [0.4, 0.5) is 0 Å². The number of furan rings is 1. The number of carbonyl (C=O) groups excluding carboxylic acids is 1. The maximum Gasteiger partial charge on any atom is 0.137 e. The Morgan fingerprint density at radius 2 is 2.06 bits per heavy atom. The van der Waals surface area contributed by atoms with Crippen LogP contribution >= 0.6 is 12.6 Å². The van der Waals surface area contributed by atoms with Crippen molar-refractivity contribution in [3.05, 3.63) is 36.1 Å². The van der Waals surface area contributed by atoms with Gasteiger partial charge in [0.2, 0.25) is 0 Å². The van der Waals surface area contributed by atoms with Crippen LogP contribution in [0.25, 0.3) is 11.3 Å². The van der Waals surface area contributed by atoms with Gasteiger partial charge in [0, 0.05) is 25.2 Å². The Kier molecular flexibility index (Phi) is 3.93. The zero-order valence-corrected chi connectivity index (χ0v) is 10.1. The van der Waals surface area contributed by atoms with Gasteiger partial charge in [0.25, 0.3) is 0 Å². The molecule has 0 fully saturated rings. The fourth-order valence-corrected chi connectivity index (χ4v) is 1.60. The SMILES string of the molecule is O=CCCc1ccc(-c2cnc(CS)nc2)o1. The lowest BCUT2D eigenvalue weighted by Gasteiger charge is -1.97. The lowest BCUT2D eigenvalue weighted by Crippen LogP contribution is -1.90. The summed E-state index contributed by atoms with van der Waals surface area (Å²) in [7, 11) is 0. The van der Waals surface area contributed by atoms with Gasteiger partial charge in [0.15, 0.2) is 0 Å². The van der Waals surface area contributed by atoms with Gasteiger partial charge < -0.3 is 9.21 Å². The van der Waals surface area contributed by atoms with Gasteiger partial charge in [-0.3, -0.25) is 0 Å². The molecular formula is C12H12N2O2S. The molecule has 5 heteroatoms. The zero-order chi connectivity index (χ0) is 12.1. The Bertz CT molecular complexity index is 493. The highest BCUT2D eigenvalue weighted by Gasteiger charge is 2.05. The molecule has 2 aromatic rings. The van der Waals surface area contributed by atoms with Crippen molar-refractivity contribution >= 4 is 18.9 Å². The average Bonchev–Trinajstić information content (AvgIpc) is 2.85. The molecule has 88 valence electrons. The third-order valence-electron chi connectivity index (χ3n) is 2.30. The second kappa shape index (κ2) is 5.63. The van der Waals surface area contributed by atoms with Gasteiger partial charge in [0.1, 0.15) is 23.6 Å². The lowest BCUT2D eigenvalue weighted by molar-refractivity contribution is -0.107. The van der Waals surface area contributed by atoms with Gasteiger partial charge in [-0.1, -0.05) is 0 Å². The third kappa shape index (κ3) is 2.94. The van der Waals surface area contributed by atoms with Gasteiger partial charge in [-0.2, -0.15) is 12.6 Å². The average molecular weight is 248 g/mol. The van der Waals surface area contributed by atoms with E-state index in [1.165, 1.54) is 0 Å². The standard InChI is InChI=1S/C12H12N2O2S/c15-5-1-2-10-3-4-11(16-10)9-6-13-12(8-17)14-7-9/h3-7,17H,1-2,8H2. The van der Waals surface area contributed by atoms with E-state index in [4.69, 9.17) is 4.42 Å². The van der Waals surface area contributed by atoms with E-state index < -0.39 is 0 Å². The van der Waals surface area contributed by atoms with Crippen molar-refractivity contribution in [2.45, 2.75) is 18.6 Å². The maximum absolute atomic E-state index is 10.3. The fourth-order valence-electron chi connectivity index (χ4n) is 1.43. The van der Waals surface area contributed by atoms with Crippen molar-refractivity contribution < 1.29 is 9.21 Å². The summed E-state index contributed by atoms with van der Waals surface area (Å²) in [6.07, 6.45) is 5.40. The van der Waals surface area contributed by atoms with Crippen LogP contribution in [0.3, 0.4) is 0 Å². The molecule has 0 bridgehead atoms. The number of thiol groups is 1. The number of aldehydes is 1. The Labute approximate surface area is 104 Å². The van der Waals surface area contributed by atoms with Crippen LogP contribution in [0.1, 0.15) is 18.0 Å². The van der Waals surface area contributed by atoms with Gasteiger partial charge in [-0.25, -0.2) is 9.97 Å². The van der Waals surface area contributed by atoms with E-state index in [2.05, 4.69) is 22.6 Å². The molecule has 0 radical (unpaired) electrons. The first-order chi connectivity index (χ1) is 8.33. The molecule has 0 saturated carbocycles. The van der Waals surface area contributed by atoms with E-state index in [0.29, 0.717) is 24.4 Å². The largest absolute Gasteiger partial charge is 0.461 e. The summed E-state index contributed by atoms with van der Waals surface area (Å²) < 4.78 is 5.59. The smallest absolute Gasteiger partial charge is 0.137 e. The molecule has 0 atom stereocenters. The summed E-state index contributed by atoms with van der Waals surface area (Å²) >= 11 is 4.09. The summed E-state index contributed by atoms with van der Waals surface area (Å²) in [6, 6.07) is 3.73. The van der Waals surface area contributed by atoms with Crippen molar-refractivity contribution in [3.63, 3.8) is 0 Å². The van der Waals surface area contributed by atoms with Crippen molar-refractivity contribution in [1.82, 2.24) is 9.97 Å². The predicted octanol–water partition coefficient (Wildman–Crippen LogP) is 2.30. The number of aryl methyl sites for hydroxylation is 1. The number of hydrogen-bond acceptors (Lipinski definition) is 5. The molecule has 4 nitrogen and oxygen atoms in total. The molecule has 0 aliphatic heterocycles. The Balaban J connectivity index is 2.15. The number of aromatic nitrogens is 2. The highest BCUT2D eigenvalue weighted by Crippen LogP contribution is 2.21. The molecule has 0 aliphatic carbocycles. The number of nitrogens with zero attached hydrogens (tertiary/aromatic N) is 2. The summed E-state index contributed by atoms with van der Waals surface area (Å²) in [5.74, 6) is 2.72. The summed E-state index contributed by atoms with van der Waals surface area (Å²) in [5, 5.41) is 0. The molecule has 2 rings (SSSR count). The molecule has 0 unspecified atom stereocenters. The van der Waals surface area contributed by atoms with Crippen LogP contribution in [-0.4, -0.2) is 16.3 Å². The molecule has 0 saturated heterocycles. The summed E-state index contributed by atoms with van der Waals surface area (Å²) in [6.45, 7) is 0. The molecule has 0 spiro atoms. The summed E-state index contributed by atoms with van der Waals surface area (Å²) in [5.41, 5.74) is 0.827. The van der Waals surface area contributed by atoms with E-state index in [-0.39, 0.29) is 0 Å². The highest BCUT2D eigenvalue weighted by atomic mass is 32.1. The second-order valence-corrected chi connectivity index (χ2v) is 3.83. The second-order valence-electron chi connectivity index (χ2n) is 3.52. The normalized spacial score (nSPS) is 10.4. The van der Waals surface area contributed by atoms with E-state index >= 15 is 0 Å². The third-order valence-corrected chi connectivity index (χ3v) is 2.58. The van der Waals surface area contributed by atoms with Crippen LogP contribution < -0.4 is 0 Å². The molecular weight excluding hydrogens is 236 g/mol. The lowest BCUT2D eigenvalue weighted by atomic mass is 10.2. The minimum absolute atomic E-state index is 0.474. The molecule has 0 N–H and O–H groups in total. The maximum atomic E-state index is 10.3. The molecule has 2 heterocycles. The van der Waals surface area contributed by atoms with Crippen molar-refractivity contribution in [2.24, 2.45) is 0 Å². The van der Waals surface area contributed by atoms with Gasteiger partial charge in [-0.05, 0) is 12.1 Å². The molecule has 0 amide bonds. The molecule has 0 aliphatic rings. The molecule has 2 aromatic heterocycles. The molecule has 17 heavy (non-hydrogen) atoms. The number of rotatable bonds is 5. The number of carbonyl (C=O) groups is 1. The van der Waals surface area contributed by atoms with Crippen molar-refractivity contribution in [1.29, 1.82) is 0 Å². The van der Waals surface area contributed by atoms with E-state index in [0.717, 1.165) is 23.4 Å². The Morgan fingerprint density at radius 1 is 1.29 bits per heavy atom. The fraction of sp³-hybridized carbons (Fsp3) is 0.250. The Morgan fingerprint density at radius 3 is 2.71 bits per heavy atom. The first-order valence-corrected chi connectivity index (χ1v) is 5.91. The van der Waals surface area contributed by atoms with Gasteiger partial charge in [-0.15, -0.1) is 0 Å². The Hall–Kier alpha value is -1.62. The van der Waals surface area contributed by atoms with Gasteiger partial charge >= 0.3 is 0 Å². The quantitative estimate of drug-likeness (QED) is 0.651. The topological polar surface area (TPSA) is 56.0 Å². The number of hydrogen-bond donors (Lipinski definition) is 1. The van der Waals surface area contributed by atoms with Crippen LogP contribution in [0, 0.1) is 0 Å². The zero-order valence-electron chi connectivity index (χ0n) is 9.17. The highest BCUT2D eigenvalue weighted by molar-refractivity contribution is 7.79. The predicted molar refractivity (Wildman–Crippen MR) is 66.8 cm³/mol. The van der Waals surface area contributed by atoms with E-state index in [1.807, 2.05) is 12.1 Å². The van der Waals surface area contributed by atoms with Crippen LogP contribution in [0.5, 0.6) is 0 Å². The molecule has 0 aromatic carbocycles. The van der Waals surface area contributed by atoms with Crippen LogP contribution in [0.15, 0.2) is 28.9 Å². The van der Waals surface area contributed by atoms with Crippen LogP contribution in [0.2, 0.25) is 0 Å². The van der Waals surface area contributed by atoms with E-state index in [9.17, 15) is 4.79 Å². The first kappa shape index (κ1) is 11.9. The minimum Gasteiger partial charge on any atom is -0.461 e. The van der Waals surface area contributed by atoms with Gasteiger partial charge in [0.05, 0.1) is 11.3 Å². The first-order valence-electron chi connectivity index (χ1n) is 5.28. The monoisotopic (exact) mass is 248 g/mol. The van der Waals surface area contributed by atoms with Crippen molar-refractivity contribution in [3.8, 4) is 11.3 Å². The van der Waals surface area contributed by atoms with Crippen LogP contribution in [-0.2, 0) is 17.0 Å².